The molecule has 0 heterocycles. The molecular weight excluding hydrogens is 424 g/mol. The average molecular weight is 453 g/mol. The van der Waals surface area contributed by atoms with Gasteiger partial charge in [-0.2, -0.15) is 0 Å². The van der Waals surface area contributed by atoms with E-state index in [1.165, 1.54) is 0 Å². The van der Waals surface area contributed by atoms with E-state index in [1.807, 2.05) is 45.9 Å². The molecule has 0 aliphatic carbocycles. The van der Waals surface area contributed by atoms with E-state index in [-0.39, 0.29) is 11.4 Å². The van der Waals surface area contributed by atoms with Crippen LogP contribution < -0.4 is 14.4 Å². The Bertz CT molecular complexity index is 1190. The Labute approximate surface area is 189 Å². The van der Waals surface area contributed by atoms with Crippen molar-refractivity contribution in [3.8, 4) is 5.75 Å². The number of ether oxygens (including phenoxy) is 1. The van der Waals surface area contributed by atoms with Crippen LogP contribution in [-0.4, -0.2) is 27.5 Å². The van der Waals surface area contributed by atoms with Crippen molar-refractivity contribution in [2.75, 3.05) is 22.8 Å². The van der Waals surface area contributed by atoms with Gasteiger partial charge in [-0.1, -0.05) is 35.4 Å². The van der Waals surface area contributed by atoms with E-state index in [9.17, 15) is 13.2 Å². The van der Waals surface area contributed by atoms with E-state index < -0.39 is 15.9 Å². The third-order valence-electron chi connectivity index (χ3n) is 4.99. The first-order valence-electron chi connectivity index (χ1n) is 10.4. The molecule has 1 amide bonds. The number of nitrogens with one attached hydrogen (secondary N) is 1. The summed E-state index contributed by atoms with van der Waals surface area (Å²) in [5.41, 5.74) is 3.97. The Morgan fingerprint density at radius 3 is 2.12 bits per heavy atom. The summed E-state index contributed by atoms with van der Waals surface area (Å²) in [5, 5.41) is 2.83. The van der Waals surface area contributed by atoms with Gasteiger partial charge in [-0.15, -0.1) is 0 Å². The van der Waals surface area contributed by atoms with Crippen molar-refractivity contribution in [1.29, 1.82) is 0 Å². The molecule has 32 heavy (non-hydrogen) atoms. The number of carbonyl (C=O) groups is 1. The molecule has 6 nitrogen and oxygen atoms in total. The highest BCUT2D eigenvalue weighted by molar-refractivity contribution is 7.92. The maximum atomic E-state index is 13.5. The van der Waals surface area contributed by atoms with Crippen molar-refractivity contribution in [2.45, 2.75) is 32.6 Å². The molecule has 3 aromatic rings. The van der Waals surface area contributed by atoms with E-state index in [4.69, 9.17) is 4.74 Å². The summed E-state index contributed by atoms with van der Waals surface area (Å²) in [5.74, 6) is 0.199. The zero-order valence-corrected chi connectivity index (χ0v) is 19.6. The maximum Gasteiger partial charge on any atom is 0.264 e. The first kappa shape index (κ1) is 23.3. The zero-order chi connectivity index (χ0) is 23.3. The quantitative estimate of drug-likeness (QED) is 0.530. The standard InChI is InChI=1S/C25H28N2O4S/c1-5-31-22-11-9-21(10-12-22)27(32(29,30)23-13-6-18(2)7-14-23)17-25(28)26-24-15-8-19(3)16-20(24)4/h6-16H,5,17H2,1-4H3,(H,26,28). The Morgan fingerprint density at radius 1 is 0.906 bits per heavy atom. The summed E-state index contributed by atoms with van der Waals surface area (Å²) in [6, 6.07) is 18.9. The summed E-state index contributed by atoms with van der Waals surface area (Å²) >= 11 is 0. The van der Waals surface area contributed by atoms with Gasteiger partial charge in [-0.05, 0) is 75.7 Å². The van der Waals surface area contributed by atoms with Gasteiger partial charge in [-0.25, -0.2) is 8.42 Å². The van der Waals surface area contributed by atoms with Crippen LogP contribution in [0, 0.1) is 20.8 Å². The summed E-state index contributed by atoms with van der Waals surface area (Å²) in [4.78, 5) is 13.0. The minimum Gasteiger partial charge on any atom is -0.494 e. The molecule has 3 rings (SSSR count). The smallest absolute Gasteiger partial charge is 0.264 e. The third kappa shape index (κ3) is 5.48. The van der Waals surface area contributed by atoms with Gasteiger partial charge in [-0.3, -0.25) is 9.10 Å². The molecule has 0 aliphatic heterocycles. The van der Waals surface area contributed by atoms with Crippen molar-refractivity contribution >= 4 is 27.3 Å². The number of aryl methyl sites for hydroxylation is 3. The van der Waals surface area contributed by atoms with E-state index >= 15 is 0 Å². The van der Waals surface area contributed by atoms with Crippen molar-refractivity contribution in [1.82, 2.24) is 0 Å². The number of hydrogen-bond donors (Lipinski definition) is 1. The van der Waals surface area contributed by atoms with Crippen molar-refractivity contribution in [3.63, 3.8) is 0 Å². The minimum absolute atomic E-state index is 0.122. The number of carbonyl (C=O) groups excluding carboxylic acids is 1. The van der Waals surface area contributed by atoms with Gasteiger partial charge in [0.05, 0.1) is 17.2 Å². The van der Waals surface area contributed by atoms with E-state index in [0.717, 1.165) is 21.0 Å². The second-order valence-electron chi connectivity index (χ2n) is 7.62. The molecular formula is C25H28N2O4S. The van der Waals surface area contributed by atoms with E-state index in [0.29, 0.717) is 23.7 Å². The van der Waals surface area contributed by atoms with Crippen LogP contribution in [0.25, 0.3) is 0 Å². The lowest BCUT2D eigenvalue weighted by Gasteiger charge is -2.24. The molecule has 0 spiro atoms. The van der Waals surface area contributed by atoms with Crippen molar-refractivity contribution in [2.24, 2.45) is 0 Å². The SMILES string of the molecule is CCOc1ccc(N(CC(=O)Nc2ccc(C)cc2C)S(=O)(=O)c2ccc(C)cc2)cc1. The lowest BCUT2D eigenvalue weighted by atomic mass is 10.1. The number of amides is 1. The van der Waals surface area contributed by atoms with Crippen LogP contribution in [-0.2, 0) is 14.8 Å². The summed E-state index contributed by atoms with van der Waals surface area (Å²) < 4.78 is 33.5. The molecule has 0 unspecified atom stereocenters. The number of benzene rings is 3. The lowest BCUT2D eigenvalue weighted by Crippen LogP contribution is -2.38. The topological polar surface area (TPSA) is 75.7 Å². The Balaban J connectivity index is 1.94. The minimum atomic E-state index is -3.97. The Kier molecular flexibility index (Phi) is 7.20. The lowest BCUT2D eigenvalue weighted by molar-refractivity contribution is -0.114. The number of anilines is 2. The highest BCUT2D eigenvalue weighted by Crippen LogP contribution is 2.26. The van der Waals surface area contributed by atoms with Gasteiger partial charge in [0.15, 0.2) is 0 Å². The van der Waals surface area contributed by atoms with Crippen LogP contribution in [0.15, 0.2) is 71.6 Å². The first-order chi connectivity index (χ1) is 15.2. The van der Waals surface area contributed by atoms with Crippen LogP contribution in [0.1, 0.15) is 23.6 Å². The van der Waals surface area contributed by atoms with Gasteiger partial charge in [0.2, 0.25) is 5.91 Å². The Hall–Kier alpha value is -3.32. The second-order valence-corrected chi connectivity index (χ2v) is 9.48. The van der Waals surface area contributed by atoms with Crippen molar-refractivity contribution in [3.05, 3.63) is 83.4 Å². The molecule has 0 radical (unpaired) electrons. The molecule has 0 atom stereocenters. The third-order valence-corrected chi connectivity index (χ3v) is 6.78. The highest BCUT2D eigenvalue weighted by Gasteiger charge is 2.27. The fraction of sp³-hybridized carbons (Fsp3) is 0.240. The van der Waals surface area contributed by atoms with E-state index in [1.54, 1.807) is 48.5 Å². The van der Waals surface area contributed by atoms with Crippen LogP contribution in [0.4, 0.5) is 11.4 Å². The average Bonchev–Trinajstić information content (AvgIpc) is 2.75. The van der Waals surface area contributed by atoms with Gasteiger partial charge in [0.1, 0.15) is 12.3 Å². The molecule has 7 heteroatoms. The number of hydrogen-bond acceptors (Lipinski definition) is 4. The van der Waals surface area contributed by atoms with Crippen LogP contribution in [0.2, 0.25) is 0 Å². The molecule has 0 aromatic heterocycles. The summed E-state index contributed by atoms with van der Waals surface area (Å²) in [6.07, 6.45) is 0. The van der Waals surface area contributed by atoms with Crippen LogP contribution >= 0.6 is 0 Å². The number of rotatable bonds is 8. The Morgan fingerprint density at radius 2 is 1.53 bits per heavy atom. The monoisotopic (exact) mass is 452 g/mol. The molecule has 3 aromatic carbocycles. The maximum absolute atomic E-state index is 13.5. The zero-order valence-electron chi connectivity index (χ0n) is 18.8. The van der Waals surface area contributed by atoms with Crippen LogP contribution in [0.3, 0.4) is 0 Å². The molecule has 1 N–H and O–H groups in total. The largest absolute Gasteiger partial charge is 0.494 e. The normalized spacial score (nSPS) is 11.1. The highest BCUT2D eigenvalue weighted by atomic mass is 32.2. The predicted molar refractivity (Wildman–Crippen MR) is 128 cm³/mol. The fourth-order valence-corrected chi connectivity index (χ4v) is 4.72. The van der Waals surface area contributed by atoms with Gasteiger partial charge < -0.3 is 10.1 Å². The number of sulfonamides is 1. The molecule has 0 saturated heterocycles. The van der Waals surface area contributed by atoms with Gasteiger partial charge in [0.25, 0.3) is 10.0 Å². The molecule has 0 fully saturated rings. The molecule has 0 aliphatic rings. The molecule has 0 saturated carbocycles. The van der Waals surface area contributed by atoms with Gasteiger partial charge >= 0.3 is 0 Å². The summed E-state index contributed by atoms with van der Waals surface area (Å²) in [6.45, 7) is 7.77. The number of nitrogens with zero attached hydrogens (tertiary/aromatic N) is 1. The van der Waals surface area contributed by atoms with Crippen molar-refractivity contribution < 1.29 is 17.9 Å². The predicted octanol–water partition coefficient (Wildman–Crippen LogP) is 4.84. The molecule has 0 bridgehead atoms. The molecule has 168 valence electrons. The van der Waals surface area contributed by atoms with E-state index in [2.05, 4.69) is 5.32 Å². The summed E-state index contributed by atoms with van der Waals surface area (Å²) in [7, 11) is -3.97. The first-order valence-corrected chi connectivity index (χ1v) is 11.8. The second kappa shape index (κ2) is 9.87. The fourth-order valence-electron chi connectivity index (χ4n) is 3.30. The van der Waals surface area contributed by atoms with Gasteiger partial charge in [0, 0.05) is 5.69 Å². The van der Waals surface area contributed by atoms with Crippen LogP contribution in [0.5, 0.6) is 5.75 Å².